The molecular weight excluding hydrogens is 278 g/mol. The lowest BCUT2D eigenvalue weighted by atomic mass is 10.1. The van der Waals surface area contributed by atoms with Crippen LogP contribution in [0.25, 0.3) is 0 Å². The quantitative estimate of drug-likeness (QED) is 0.855. The van der Waals surface area contributed by atoms with Gasteiger partial charge in [-0.05, 0) is 30.2 Å². The fourth-order valence-corrected chi connectivity index (χ4v) is 2.28. The molecule has 1 amide bonds. The second-order valence-corrected chi connectivity index (χ2v) is 5.05. The van der Waals surface area contributed by atoms with Gasteiger partial charge in [0.1, 0.15) is 5.75 Å². The third-order valence-corrected chi connectivity index (χ3v) is 3.36. The molecule has 1 N–H and O–H groups in total. The van der Waals surface area contributed by atoms with Gasteiger partial charge < -0.3 is 14.8 Å². The number of benzene rings is 2. The summed E-state index contributed by atoms with van der Waals surface area (Å²) in [6, 6.07) is 17.1. The predicted molar refractivity (Wildman–Crippen MR) is 86.3 cm³/mol. The Morgan fingerprint density at radius 2 is 1.86 bits per heavy atom. The lowest BCUT2D eigenvalue weighted by molar-refractivity contribution is 0.0896. The van der Waals surface area contributed by atoms with Crippen molar-refractivity contribution in [2.24, 2.45) is 0 Å². The van der Waals surface area contributed by atoms with E-state index in [-0.39, 0.29) is 11.9 Å². The summed E-state index contributed by atoms with van der Waals surface area (Å²) in [4.78, 5) is 12.4. The zero-order valence-corrected chi connectivity index (χ0v) is 12.9. The highest BCUT2D eigenvalue weighted by Gasteiger charge is 2.14. The van der Waals surface area contributed by atoms with Crippen LogP contribution in [0.4, 0.5) is 0 Å². The Hall–Kier alpha value is -2.33. The first-order valence-corrected chi connectivity index (χ1v) is 7.20. The Balaban J connectivity index is 2.04. The zero-order valence-electron chi connectivity index (χ0n) is 12.9. The summed E-state index contributed by atoms with van der Waals surface area (Å²) >= 11 is 0. The average Bonchev–Trinajstić information content (AvgIpc) is 2.56. The lowest BCUT2D eigenvalue weighted by Gasteiger charge is -2.18. The minimum atomic E-state index is -0.128. The molecule has 0 aliphatic carbocycles. The van der Waals surface area contributed by atoms with Crippen LogP contribution in [-0.4, -0.2) is 32.8 Å². The summed E-state index contributed by atoms with van der Waals surface area (Å²) in [5, 5.41) is 3.01. The van der Waals surface area contributed by atoms with Crippen molar-refractivity contribution in [1.29, 1.82) is 0 Å². The van der Waals surface area contributed by atoms with Crippen molar-refractivity contribution in [3.63, 3.8) is 0 Å². The topological polar surface area (TPSA) is 47.6 Å². The van der Waals surface area contributed by atoms with Gasteiger partial charge >= 0.3 is 0 Å². The standard InChI is InChI=1S/C18H21NO3/c1-21-13-16(11-14-7-4-3-5-8-14)19-18(20)15-9-6-10-17(12-15)22-2/h3-10,12,16H,11,13H2,1-2H3,(H,19,20)/t16-/m0/s1. The van der Waals surface area contributed by atoms with Crippen LogP contribution < -0.4 is 10.1 Å². The van der Waals surface area contributed by atoms with Gasteiger partial charge in [-0.3, -0.25) is 4.79 Å². The minimum Gasteiger partial charge on any atom is -0.497 e. The highest BCUT2D eigenvalue weighted by molar-refractivity contribution is 5.94. The van der Waals surface area contributed by atoms with Gasteiger partial charge in [0.15, 0.2) is 0 Å². The number of carbonyl (C=O) groups excluding carboxylic acids is 1. The van der Waals surface area contributed by atoms with Crippen molar-refractivity contribution in [2.45, 2.75) is 12.5 Å². The Bertz CT molecular complexity index is 598. The molecule has 2 rings (SSSR count). The molecule has 0 aliphatic heterocycles. The largest absolute Gasteiger partial charge is 0.497 e. The molecule has 22 heavy (non-hydrogen) atoms. The van der Waals surface area contributed by atoms with E-state index in [4.69, 9.17) is 9.47 Å². The van der Waals surface area contributed by atoms with Gasteiger partial charge in [-0.2, -0.15) is 0 Å². The molecule has 0 aromatic heterocycles. The molecule has 0 heterocycles. The van der Waals surface area contributed by atoms with Crippen LogP contribution in [0.15, 0.2) is 54.6 Å². The third kappa shape index (κ3) is 4.60. The zero-order chi connectivity index (χ0) is 15.8. The number of carbonyl (C=O) groups is 1. The van der Waals surface area contributed by atoms with E-state index >= 15 is 0 Å². The molecule has 0 radical (unpaired) electrons. The number of hydrogen-bond donors (Lipinski definition) is 1. The number of amides is 1. The molecule has 0 aliphatic rings. The molecule has 116 valence electrons. The van der Waals surface area contributed by atoms with E-state index in [0.29, 0.717) is 17.9 Å². The van der Waals surface area contributed by atoms with Crippen LogP contribution in [0.1, 0.15) is 15.9 Å². The molecule has 0 spiro atoms. The Labute approximate surface area is 131 Å². The van der Waals surface area contributed by atoms with Crippen molar-refractivity contribution in [2.75, 3.05) is 20.8 Å². The second kappa shape index (κ2) is 8.20. The summed E-state index contributed by atoms with van der Waals surface area (Å²) in [5.74, 6) is 0.538. The number of nitrogens with one attached hydrogen (secondary N) is 1. The van der Waals surface area contributed by atoms with E-state index in [9.17, 15) is 4.79 Å². The lowest BCUT2D eigenvalue weighted by Crippen LogP contribution is -2.39. The van der Waals surface area contributed by atoms with Crippen molar-refractivity contribution in [3.8, 4) is 5.75 Å². The van der Waals surface area contributed by atoms with Crippen LogP contribution in [0.5, 0.6) is 5.75 Å². The minimum absolute atomic E-state index is 0.0777. The molecule has 0 unspecified atom stereocenters. The van der Waals surface area contributed by atoms with Gasteiger partial charge in [-0.15, -0.1) is 0 Å². The molecule has 4 heteroatoms. The first-order valence-electron chi connectivity index (χ1n) is 7.20. The van der Waals surface area contributed by atoms with Gasteiger partial charge in [0, 0.05) is 12.7 Å². The fourth-order valence-electron chi connectivity index (χ4n) is 2.28. The van der Waals surface area contributed by atoms with Gasteiger partial charge in [-0.25, -0.2) is 0 Å². The van der Waals surface area contributed by atoms with Crippen LogP contribution in [0, 0.1) is 0 Å². The summed E-state index contributed by atoms with van der Waals surface area (Å²) in [5.41, 5.74) is 1.74. The summed E-state index contributed by atoms with van der Waals surface area (Å²) in [6.45, 7) is 0.463. The molecule has 1 atom stereocenters. The van der Waals surface area contributed by atoms with Gasteiger partial charge in [0.2, 0.25) is 0 Å². The van der Waals surface area contributed by atoms with E-state index in [0.717, 1.165) is 12.0 Å². The highest BCUT2D eigenvalue weighted by atomic mass is 16.5. The molecule has 4 nitrogen and oxygen atoms in total. The van der Waals surface area contributed by atoms with Crippen LogP contribution in [0.2, 0.25) is 0 Å². The van der Waals surface area contributed by atoms with E-state index in [1.807, 2.05) is 36.4 Å². The Morgan fingerprint density at radius 3 is 2.55 bits per heavy atom. The first-order chi connectivity index (χ1) is 10.7. The van der Waals surface area contributed by atoms with E-state index < -0.39 is 0 Å². The van der Waals surface area contributed by atoms with Crippen molar-refractivity contribution in [1.82, 2.24) is 5.32 Å². The molecule has 0 saturated carbocycles. The maximum Gasteiger partial charge on any atom is 0.251 e. The summed E-state index contributed by atoms with van der Waals surface area (Å²) < 4.78 is 10.4. The number of methoxy groups -OCH3 is 2. The van der Waals surface area contributed by atoms with E-state index in [2.05, 4.69) is 5.32 Å². The maximum absolute atomic E-state index is 12.4. The van der Waals surface area contributed by atoms with Gasteiger partial charge in [0.25, 0.3) is 5.91 Å². The second-order valence-electron chi connectivity index (χ2n) is 5.05. The first kappa shape index (κ1) is 16.0. The predicted octanol–water partition coefficient (Wildman–Crippen LogP) is 2.68. The molecule has 0 fully saturated rings. The van der Waals surface area contributed by atoms with E-state index in [1.54, 1.807) is 32.4 Å². The monoisotopic (exact) mass is 299 g/mol. The van der Waals surface area contributed by atoms with Gasteiger partial charge in [-0.1, -0.05) is 36.4 Å². The molecule has 2 aromatic rings. The normalized spacial score (nSPS) is 11.7. The number of rotatable bonds is 7. The Kier molecular flexibility index (Phi) is 5.98. The van der Waals surface area contributed by atoms with Crippen molar-refractivity contribution < 1.29 is 14.3 Å². The molecular formula is C18H21NO3. The van der Waals surface area contributed by atoms with E-state index in [1.165, 1.54) is 0 Å². The van der Waals surface area contributed by atoms with Crippen molar-refractivity contribution >= 4 is 5.91 Å². The SMILES string of the molecule is COC[C@H](Cc1ccccc1)NC(=O)c1cccc(OC)c1. The Morgan fingerprint density at radius 1 is 1.09 bits per heavy atom. The smallest absolute Gasteiger partial charge is 0.251 e. The fraction of sp³-hybridized carbons (Fsp3) is 0.278. The van der Waals surface area contributed by atoms with Crippen LogP contribution >= 0.6 is 0 Å². The average molecular weight is 299 g/mol. The van der Waals surface area contributed by atoms with Crippen molar-refractivity contribution in [3.05, 3.63) is 65.7 Å². The molecule has 0 bridgehead atoms. The molecule has 2 aromatic carbocycles. The number of ether oxygens (including phenoxy) is 2. The number of hydrogen-bond acceptors (Lipinski definition) is 3. The molecule has 0 saturated heterocycles. The van der Waals surface area contributed by atoms with Gasteiger partial charge in [0.05, 0.1) is 19.8 Å². The maximum atomic E-state index is 12.4. The third-order valence-electron chi connectivity index (χ3n) is 3.36. The highest BCUT2D eigenvalue weighted by Crippen LogP contribution is 2.13. The van der Waals surface area contributed by atoms with Crippen LogP contribution in [-0.2, 0) is 11.2 Å². The summed E-state index contributed by atoms with van der Waals surface area (Å²) in [6.07, 6.45) is 0.727. The summed E-state index contributed by atoms with van der Waals surface area (Å²) in [7, 11) is 3.22. The van der Waals surface area contributed by atoms with Crippen LogP contribution in [0.3, 0.4) is 0 Å².